The second-order valence-corrected chi connectivity index (χ2v) is 8.20. The van der Waals surface area contributed by atoms with Crippen LogP contribution in [0, 0.1) is 0 Å². The number of hydrazone groups is 1. The van der Waals surface area contributed by atoms with E-state index in [2.05, 4.69) is 32.2 Å². The summed E-state index contributed by atoms with van der Waals surface area (Å²) in [6.45, 7) is 4.40. The molecule has 1 saturated heterocycles. The van der Waals surface area contributed by atoms with Crippen molar-refractivity contribution < 1.29 is 9.59 Å². The summed E-state index contributed by atoms with van der Waals surface area (Å²) in [5, 5.41) is 8.77. The minimum Gasteiger partial charge on any atom is -0.368 e. The standard InChI is InChI=1S/C23H29N7O2/c1-28-10-5-11-29(13-12-28)21-9-8-17(15-25-21)16-26-23(32)19-14-20(22(24)31)30(27-19)18-6-3-2-4-7-18/h2-4,6-9,15,20H,5,10-14,16H2,1H3,(H2,24,31)(H,26,32). The topological polar surface area (TPSA) is 107 Å². The number of nitrogens with zero attached hydrogens (tertiary/aromatic N) is 5. The van der Waals surface area contributed by atoms with E-state index >= 15 is 0 Å². The molecule has 168 valence electrons. The zero-order valence-corrected chi connectivity index (χ0v) is 18.3. The first-order valence-corrected chi connectivity index (χ1v) is 10.9. The molecule has 3 N–H and O–H groups in total. The van der Waals surface area contributed by atoms with E-state index in [4.69, 9.17) is 5.73 Å². The Labute approximate surface area is 187 Å². The number of anilines is 2. The lowest BCUT2D eigenvalue weighted by Crippen LogP contribution is -2.39. The van der Waals surface area contributed by atoms with Crippen molar-refractivity contribution in [2.45, 2.75) is 25.4 Å². The Morgan fingerprint density at radius 2 is 1.91 bits per heavy atom. The summed E-state index contributed by atoms with van der Waals surface area (Å²) >= 11 is 0. The lowest BCUT2D eigenvalue weighted by atomic mass is 10.1. The van der Waals surface area contributed by atoms with Crippen molar-refractivity contribution in [3.63, 3.8) is 0 Å². The van der Waals surface area contributed by atoms with Crippen LogP contribution in [0.3, 0.4) is 0 Å². The zero-order chi connectivity index (χ0) is 22.5. The first kappa shape index (κ1) is 21.8. The second kappa shape index (κ2) is 9.78. The first-order chi connectivity index (χ1) is 15.5. The van der Waals surface area contributed by atoms with Gasteiger partial charge in [-0.25, -0.2) is 4.98 Å². The molecule has 3 heterocycles. The fourth-order valence-corrected chi connectivity index (χ4v) is 3.96. The molecule has 1 aromatic carbocycles. The number of carbonyl (C=O) groups excluding carboxylic acids is 2. The number of aromatic nitrogens is 1. The van der Waals surface area contributed by atoms with Gasteiger partial charge in [0, 0.05) is 38.8 Å². The van der Waals surface area contributed by atoms with Gasteiger partial charge in [-0.1, -0.05) is 24.3 Å². The Morgan fingerprint density at radius 1 is 1.09 bits per heavy atom. The van der Waals surface area contributed by atoms with E-state index in [-0.39, 0.29) is 18.0 Å². The Bertz CT molecular complexity index is 978. The summed E-state index contributed by atoms with van der Waals surface area (Å²) in [5.74, 6) is 0.132. The molecule has 0 saturated carbocycles. The molecule has 9 nitrogen and oxygen atoms in total. The molecule has 2 aliphatic heterocycles. The number of carbonyl (C=O) groups is 2. The van der Waals surface area contributed by atoms with Crippen LogP contribution in [-0.4, -0.2) is 66.7 Å². The number of benzene rings is 1. The second-order valence-electron chi connectivity index (χ2n) is 8.20. The van der Waals surface area contributed by atoms with E-state index < -0.39 is 11.9 Å². The van der Waals surface area contributed by atoms with Crippen LogP contribution in [0.1, 0.15) is 18.4 Å². The first-order valence-electron chi connectivity index (χ1n) is 10.9. The molecule has 2 aliphatic rings. The van der Waals surface area contributed by atoms with Crippen LogP contribution in [0.4, 0.5) is 11.5 Å². The number of pyridine rings is 1. The summed E-state index contributed by atoms with van der Waals surface area (Å²) in [5.41, 5.74) is 7.46. The highest BCUT2D eigenvalue weighted by Crippen LogP contribution is 2.24. The molecule has 4 rings (SSSR count). The number of amides is 2. The Balaban J connectivity index is 1.36. The summed E-state index contributed by atoms with van der Waals surface area (Å²) in [4.78, 5) is 33.8. The molecular weight excluding hydrogens is 406 g/mol. The van der Waals surface area contributed by atoms with Crippen molar-refractivity contribution in [2.24, 2.45) is 10.8 Å². The normalized spacial score (nSPS) is 19.4. The van der Waals surface area contributed by atoms with E-state index in [0.29, 0.717) is 6.54 Å². The molecule has 2 aromatic rings. The summed E-state index contributed by atoms with van der Waals surface area (Å²) in [6.07, 6.45) is 3.09. The fourth-order valence-electron chi connectivity index (χ4n) is 3.96. The van der Waals surface area contributed by atoms with Crippen molar-refractivity contribution in [2.75, 3.05) is 43.1 Å². The molecule has 1 aromatic heterocycles. The predicted molar refractivity (Wildman–Crippen MR) is 124 cm³/mol. The SMILES string of the molecule is CN1CCCN(c2ccc(CNC(=O)C3=NN(c4ccccc4)C(C(N)=O)C3)cn2)CC1. The van der Waals surface area contributed by atoms with Gasteiger partial charge in [0.1, 0.15) is 17.6 Å². The maximum absolute atomic E-state index is 12.7. The van der Waals surface area contributed by atoms with E-state index in [0.717, 1.165) is 49.7 Å². The zero-order valence-electron chi connectivity index (χ0n) is 18.3. The number of hydrogen-bond acceptors (Lipinski definition) is 7. The minimum absolute atomic E-state index is 0.177. The number of likely N-dealkylation sites (N-methyl/N-ethyl adjacent to an activating group) is 1. The predicted octanol–water partition coefficient (Wildman–Crippen LogP) is 0.960. The summed E-state index contributed by atoms with van der Waals surface area (Å²) < 4.78 is 0. The van der Waals surface area contributed by atoms with Crippen LogP contribution in [-0.2, 0) is 16.1 Å². The monoisotopic (exact) mass is 435 g/mol. The quantitative estimate of drug-likeness (QED) is 0.700. The van der Waals surface area contributed by atoms with Gasteiger partial charge in [0.05, 0.1) is 5.69 Å². The van der Waals surface area contributed by atoms with E-state index in [9.17, 15) is 9.59 Å². The van der Waals surface area contributed by atoms with Gasteiger partial charge in [-0.3, -0.25) is 14.6 Å². The molecule has 1 fully saturated rings. The molecule has 0 radical (unpaired) electrons. The average molecular weight is 436 g/mol. The van der Waals surface area contributed by atoms with Crippen molar-refractivity contribution in [3.05, 3.63) is 54.2 Å². The number of primary amides is 1. The minimum atomic E-state index is -0.674. The van der Waals surface area contributed by atoms with Crippen molar-refractivity contribution in [1.82, 2.24) is 15.2 Å². The Hall–Kier alpha value is -3.46. The molecule has 0 bridgehead atoms. The van der Waals surface area contributed by atoms with E-state index in [1.807, 2.05) is 42.5 Å². The highest BCUT2D eigenvalue weighted by atomic mass is 16.2. The van der Waals surface area contributed by atoms with Crippen LogP contribution in [0.25, 0.3) is 0 Å². The van der Waals surface area contributed by atoms with Crippen LogP contribution in [0.15, 0.2) is 53.8 Å². The highest BCUT2D eigenvalue weighted by molar-refractivity contribution is 6.40. The highest BCUT2D eigenvalue weighted by Gasteiger charge is 2.34. The van der Waals surface area contributed by atoms with Crippen LogP contribution >= 0.6 is 0 Å². The molecule has 9 heteroatoms. The van der Waals surface area contributed by atoms with E-state index in [1.54, 1.807) is 6.20 Å². The lowest BCUT2D eigenvalue weighted by Gasteiger charge is -2.21. The molecular formula is C23H29N7O2. The van der Waals surface area contributed by atoms with Gasteiger partial charge in [-0.15, -0.1) is 0 Å². The smallest absolute Gasteiger partial charge is 0.267 e. The van der Waals surface area contributed by atoms with Gasteiger partial charge in [0.25, 0.3) is 5.91 Å². The van der Waals surface area contributed by atoms with Gasteiger partial charge in [-0.05, 0) is 43.8 Å². The molecule has 32 heavy (non-hydrogen) atoms. The lowest BCUT2D eigenvalue weighted by molar-refractivity contribution is -0.119. The van der Waals surface area contributed by atoms with Crippen molar-refractivity contribution in [1.29, 1.82) is 0 Å². The third-order valence-corrected chi connectivity index (χ3v) is 5.83. The Kier molecular flexibility index (Phi) is 6.65. The van der Waals surface area contributed by atoms with Crippen molar-refractivity contribution in [3.8, 4) is 0 Å². The van der Waals surface area contributed by atoms with Gasteiger partial charge < -0.3 is 20.9 Å². The molecule has 2 amide bonds. The number of rotatable bonds is 6. The van der Waals surface area contributed by atoms with Gasteiger partial charge >= 0.3 is 0 Å². The largest absolute Gasteiger partial charge is 0.368 e. The number of nitrogens with two attached hydrogens (primary N) is 1. The van der Waals surface area contributed by atoms with Crippen molar-refractivity contribution >= 4 is 29.0 Å². The maximum atomic E-state index is 12.7. The number of nitrogens with one attached hydrogen (secondary N) is 1. The maximum Gasteiger partial charge on any atom is 0.267 e. The number of hydrogen-bond donors (Lipinski definition) is 2. The van der Waals surface area contributed by atoms with E-state index in [1.165, 1.54) is 5.01 Å². The average Bonchev–Trinajstić information content (AvgIpc) is 3.16. The van der Waals surface area contributed by atoms with Gasteiger partial charge in [0.15, 0.2) is 0 Å². The Morgan fingerprint density at radius 3 is 2.62 bits per heavy atom. The third-order valence-electron chi connectivity index (χ3n) is 5.83. The molecule has 0 aliphatic carbocycles. The third kappa shape index (κ3) is 5.05. The molecule has 1 unspecified atom stereocenters. The summed E-state index contributed by atoms with van der Waals surface area (Å²) in [7, 11) is 2.14. The summed E-state index contributed by atoms with van der Waals surface area (Å²) in [6, 6.07) is 12.5. The fraction of sp³-hybridized carbons (Fsp3) is 0.391. The van der Waals surface area contributed by atoms with Gasteiger partial charge in [-0.2, -0.15) is 5.10 Å². The van der Waals surface area contributed by atoms with Crippen LogP contribution in [0.2, 0.25) is 0 Å². The van der Waals surface area contributed by atoms with Crippen LogP contribution < -0.4 is 21.0 Å². The molecule has 0 spiro atoms. The molecule has 1 atom stereocenters. The number of para-hydroxylation sites is 1. The van der Waals surface area contributed by atoms with Gasteiger partial charge in [0.2, 0.25) is 5.91 Å². The van der Waals surface area contributed by atoms with Crippen LogP contribution in [0.5, 0.6) is 0 Å².